The zero-order valence-corrected chi connectivity index (χ0v) is 10.0. The molecule has 0 aromatic heterocycles. The van der Waals surface area contributed by atoms with Crippen molar-refractivity contribution in [2.24, 2.45) is 0 Å². The maximum Gasteiger partial charge on any atom is 0.250 e. The number of ketones is 1. The summed E-state index contributed by atoms with van der Waals surface area (Å²) in [6, 6.07) is 12.6. The van der Waals surface area contributed by atoms with E-state index in [-0.39, 0.29) is 5.78 Å². The summed E-state index contributed by atoms with van der Waals surface area (Å²) in [4.78, 5) is 23.4. The van der Waals surface area contributed by atoms with Gasteiger partial charge in [-0.15, -0.1) is 0 Å². The number of rotatable bonds is 2. The van der Waals surface area contributed by atoms with Gasteiger partial charge in [-0.05, 0) is 23.3 Å². The van der Waals surface area contributed by atoms with Gasteiger partial charge in [-0.1, -0.05) is 30.3 Å². The fourth-order valence-corrected chi connectivity index (χ4v) is 2.31. The van der Waals surface area contributed by atoms with E-state index in [2.05, 4.69) is 5.32 Å². The van der Waals surface area contributed by atoms with E-state index in [1.54, 1.807) is 18.2 Å². The maximum atomic E-state index is 12.2. The Morgan fingerprint density at radius 1 is 1.00 bits per heavy atom. The minimum Gasteiger partial charge on any atom is -0.387 e. The van der Waals surface area contributed by atoms with Crippen LogP contribution in [0.25, 0.3) is 11.1 Å². The molecule has 1 aliphatic carbocycles. The molecule has 0 saturated carbocycles. The van der Waals surface area contributed by atoms with E-state index in [0.29, 0.717) is 16.8 Å². The van der Waals surface area contributed by atoms with Crippen molar-refractivity contribution >= 4 is 17.4 Å². The first-order valence-electron chi connectivity index (χ1n) is 5.89. The van der Waals surface area contributed by atoms with Gasteiger partial charge >= 0.3 is 0 Å². The first-order valence-corrected chi connectivity index (χ1v) is 5.89. The monoisotopic (exact) mass is 253 g/mol. The second-order valence-corrected chi connectivity index (χ2v) is 4.34. The van der Waals surface area contributed by atoms with E-state index in [4.69, 9.17) is 5.11 Å². The molecular formula is C15H11NO3. The highest BCUT2D eigenvalue weighted by atomic mass is 16.3. The molecule has 4 heteroatoms. The van der Waals surface area contributed by atoms with Gasteiger partial charge < -0.3 is 10.4 Å². The summed E-state index contributed by atoms with van der Waals surface area (Å²) in [5.74, 6) is -0.534. The minimum absolute atomic E-state index is 0.0364. The highest BCUT2D eigenvalue weighted by molar-refractivity contribution is 6.22. The molecule has 0 spiro atoms. The van der Waals surface area contributed by atoms with Gasteiger partial charge in [0, 0.05) is 16.8 Å². The SMILES string of the molecule is O=C(CO)Nc1ccc2c(c1)C(=O)c1ccccc1-2. The lowest BCUT2D eigenvalue weighted by atomic mass is 10.1. The van der Waals surface area contributed by atoms with E-state index >= 15 is 0 Å². The average Bonchev–Trinajstić information content (AvgIpc) is 2.73. The first-order chi connectivity index (χ1) is 9.20. The summed E-state index contributed by atoms with van der Waals surface area (Å²) in [6.45, 7) is -0.578. The van der Waals surface area contributed by atoms with Crippen molar-refractivity contribution in [3.05, 3.63) is 53.6 Å². The second kappa shape index (κ2) is 4.33. The third-order valence-corrected chi connectivity index (χ3v) is 3.15. The lowest BCUT2D eigenvalue weighted by molar-refractivity contribution is -0.118. The Labute approximate surface area is 109 Å². The Kier molecular flexibility index (Phi) is 2.65. The van der Waals surface area contributed by atoms with E-state index in [9.17, 15) is 9.59 Å². The van der Waals surface area contributed by atoms with Crippen LogP contribution in [0.15, 0.2) is 42.5 Å². The zero-order valence-electron chi connectivity index (χ0n) is 10.0. The molecule has 2 N–H and O–H groups in total. The van der Waals surface area contributed by atoms with Gasteiger partial charge in [0.05, 0.1) is 0 Å². The van der Waals surface area contributed by atoms with Gasteiger partial charge in [-0.3, -0.25) is 9.59 Å². The van der Waals surface area contributed by atoms with Crippen LogP contribution in [-0.4, -0.2) is 23.4 Å². The second-order valence-electron chi connectivity index (χ2n) is 4.34. The number of hydrogen-bond donors (Lipinski definition) is 2. The Bertz CT molecular complexity index is 692. The van der Waals surface area contributed by atoms with Crippen molar-refractivity contribution < 1.29 is 14.7 Å². The number of amides is 1. The molecule has 0 fully saturated rings. The van der Waals surface area contributed by atoms with Gasteiger partial charge in [-0.25, -0.2) is 0 Å². The molecule has 0 heterocycles. The quantitative estimate of drug-likeness (QED) is 0.732. The van der Waals surface area contributed by atoms with E-state index in [1.807, 2.05) is 24.3 Å². The Hall–Kier alpha value is -2.46. The number of aliphatic hydroxyl groups excluding tert-OH is 1. The van der Waals surface area contributed by atoms with Crippen molar-refractivity contribution in [1.29, 1.82) is 0 Å². The number of carbonyl (C=O) groups is 2. The maximum absolute atomic E-state index is 12.2. The number of fused-ring (bicyclic) bond motifs is 3. The number of anilines is 1. The first kappa shape index (κ1) is 11.6. The highest BCUT2D eigenvalue weighted by Gasteiger charge is 2.26. The van der Waals surface area contributed by atoms with Gasteiger partial charge in [0.2, 0.25) is 5.91 Å². The van der Waals surface area contributed by atoms with E-state index < -0.39 is 12.5 Å². The molecule has 19 heavy (non-hydrogen) atoms. The van der Waals surface area contributed by atoms with E-state index in [1.165, 1.54) is 0 Å². The van der Waals surface area contributed by atoms with Gasteiger partial charge in [0.25, 0.3) is 0 Å². The van der Waals surface area contributed by atoms with Crippen LogP contribution in [0.2, 0.25) is 0 Å². The van der Waals surface area contributed by atoms with E-state index in [0.717, 1.165) is 11.1 Å². The third-order valence-electron chi connectivity index (χ3n) is 3.15. The number of nitrogens with one attached hydrogen (secondary N) is 1. The van der Waals surface area contributed by atoms with Crippen LogP contribution in [0.1, 0.15) is 15.9 Å². The predicted octanol–water partition coefficient (Wildman–Crippen LogP) is 1.83. The number of carbonyl (C=O) groups excluding carboxylic acids is 2. The molecule has 0 saturated heterocycles. The van der Waals surface area contributed by atoms with Crippen LogP contribution >= 0.6 is 0 Å². The largest absolute Gasteiger partial charge is 0.387 e. The zero-order chi connectivity index (χ0) is 13.4. The Morgan fingerprint density at radius 3 is 2.42 bits per heavy atom. The smallest absolute Gasteiger partial charge is 0.250 e. The van der Waals surface area contributed by atoms with Crippen molar-refractivity contribution in [3.8, 4) is 11.1 Å². The fraction of sp³-hybridized carbons (Fsp3) is 0.0667. The molecule has 4 nitrogen and oxygen atoms in total. The number of aliphatic hydroxyl groups is 1. The summed E-state index contributed by atoms with van der Waals surface area (Å²) in [5.41, 5.74) is 3.57. The normalized spacial score (nSPS) is 11.9. The van der Waals surface area contributed by atoms with Crippen LogP contribution in [0.3, 0.4) is 0 Å². The standard InChI is InChI=1S/C15H11NO3/c17-8-14(18)16-9-5-6-11-10-3-1-2-4-12(10)15(19)13(11)7-9/h1-7,17H,8H2,(H,16,18). The molecule has 0 bridgehead atoms. The van der Waals surface area contributed by atoms with Crippen molar-refractivity contribution in [2.45, 2.75) is 0 Å². The lowest BCUT2D eigenvalue weighted by Crippen LogP contribution is -2.15. The lowest BCUT2D eigenvalue weighted by Gasteiger charge is -2.05. The van der Waals surface area contributed by atoms with Crippen molar-refractivity contribution in [2.75, 3.05) is 11.9 Å². The third kappa shape index (κ3) is 1.82. The van der Waals surface area contributed by atoms with Gasteiger partial charge in [0.1, 0.15) is 6.61 Å². The molecule has 94 valence electrons. The van der Waals surface area contributed by atoms with Crippen LogP contribution < -0.4 is 5.32 Å². The molecule has 0 radical (unpaired) electrons. The number of hydrogen-bond acceptors (Lipinski definition) is 3. The van der Waals surface area contributed by atoms with Crippen LogP contribution in [0.4, 0.5) is 5.69 Å². The highest BCUT2D eigenvalue weighted by Crippen LogP contribution is 2.37. The molecular weight excluding hydrogens is 242 g/mol. The molecule has 1 aliphatic rings. The molecule has 0 aliphatic heterocycles. The Balaban J connectivity index is 2.05. The summed E-state index contributed by atoms with van der Waals surface area (Å²) >= 11 is 0. The predicted molar refractivity (Wildman–Crippen MR) is 71.0 cm³/mol. The summed E-state index contributed by atoms with van der Waals surface area (Å²) < 4.78 is 0. The number of benzene rings is 2. The molecule has 0 atom stereocenters. The van der Waals surface area contributed by atoms with Gasteiger partial charge in [-0.2, -0.15) is 0 Å². The molecule has 0 unspecified atom stereocenters. The minimum atomic E-state index is -0.578. The van der Waals surface area contributed by atoms with Crippen LogP contribution in [0.5, 0.6) is 0 Å². The van der Waals surface area contributed by atoms with Crippen molar-refractivity contribution in [1.82, 2.24) is 0 Å². The molecule has 2 aromatic rings. The molecule has 1 amide bonds. The average molecular weight is 253 g/mol. The van der Waals surface area contributed by atoms with Crippen LogP contribution in [-0.2, 0) is 4.79 Å². The summed E-state index contributed by atoms with van der Waals surface area (Å²) in [7, 11) is 0. The van der Waals surface area contributed by atoms with Crippen LogP contribution in [0, 0.1) is 0 Å². The summed E-state index contributed by atoms with van der Waals surface area (Å²) in [5, 5.41) is 11.2. The fourth-order valence-electron chi connectivity index (χ4n) is 2.31. The molecule has 3 rings (SSSR count). The summed E-state index contributed by atoms with van der Waals surface area (Å²) in [6.07, 6.45) is 0. The Morgan fingerprint density at radius 2 is 1.68 bits per heavy atom. The van der Waals surface area contributed by atoms with Gasteiger partial charge in [0.15, 0.2) is 5.78 Å². The van der Waals surface area contributed by atoms with Crippen molar-refractivity contribution in [3.63, 3.8) is 0 Å². The molecule has 2 aromatic carbocycles. The topological polar surface area (TPSA) is 66.4 Å².